The predicted molar refractivity (Wildman–Crippen MR) is 70.2 cm³/mol. The maximum absolute atomic E-state index is 11.8. The highest BCUT2D eigenvalue weighted by atomic mass is 16.2. The molecule has 100 valence electrons. The number of carbonyl (C=O) groups is 1. The summed E-state index contributed by atoms with van der Waals surface area (Å²) in [5.74, 6) is 0.554. The van der Waals surface area contributed by atoms with Gasteiger partial charge < -0.3 is 16.0 Å². The van der Waals surface area contributed by atoms with E-state index in [4.69, 9.17) is 5.73 Å². The molecular formula is C12H21N5O. The molecule has 1 fully saturated rings. The van der Waals surface area contributed by atoms with Gasteiger partial charge in [0, 0.05) is 25.8 Å². The average molecular weight is 251 g/mol. The van der Waals surface area contributed by atoms with Crippen LogP contribution in [0, 0.1) is 0 Å². The van der Waals surface area contributed by atoms with Gasteiger partial charge in [-0.25, -0.2) is 4.79 Å². The van der Waals surface area contributed by atoms with E-state index in [1.807, 2.05) is 15.8 Å². The van der Waals surface area contributed by atoms with Gasteiger partial charge in [0.1, 0.15) is 5.82 Å². The highest BCUT2D eigenvalue weighted by Gasteiger charge is 2.23. The van der Waals surface area contributed by atoms with Gasteiger partial charge in [0.05, 0.1) is 6.04 Å². The van der Waals surface area contributed by atoms with Gasteiger partial charge in [-0.05, 0) is 25.3 Å². The molecule has 3 N–H and O–H groups in total. The Kier molecular flexibility index (Phi) is 4.07. The molecule has 2 rings (SSSR count). The number of likely N-dealkylation sites (tertiary alicyclic amines) is 1. The number of nitrogen functional groups attached to an aromatic ring is 1. The zero-order valence-electron chi connectivity index (χ0n) is 10.8. The molecule has 1 aromatic rings. The largest absolute Gasteiger partial charge is 0.382 e. The number of amides is 2. The van der Waals surface area contributed by atoms with Gasteiger partial charge in [-0.15, -0.1) is 0 Å². The number of piperidine rings is 1. The first-order valence-corrected chi connectivity index (χ1v) is 6.54. The van der Waals surface area contributed by atoms with Crippen LogP contribution in [0.15, 0.2) is 12.3 Å². The fourth-order valence-corrected chi connectivity index (χ4v) is 2.23. The number of rotatable bonds is 3. The molecule has 0 aliphatic carbocycles. The van der Waals surface area contributed by atoms with Crippen molar-refractivity contribution in [3.63, 3.8) is 0 Å². The molecule has 18 heavy (non-hydrogen) atoms. The molecule has 2 heterocycles. The van der Waals surface area contributed by atoms with Crippen LogP contribution >= 0.6 is 0 Å². The van der Waals surface area contributed by atoms with E-state index in [-0.39, 0.29) is 6.03 Å². The number of anilines is 1. The van der Waals surface area contributed by atoms with Gasteiger partial charge in [-0.2, -0.15) is 5.10 Å². The summed E-state index contributed by atoms with van der Waals surface area (Å²) in [5.41, 5.74) is 5.61. The smallest absolute Gasteiger partial charge is 0.317 e. The highest BCUT2D eigenvalue weighted by molar-refractivity contribution is 5.74. The summed E-state index contributed by atoms with van der Waals surface area (Å²) in [6.45, 7) is 4.35. The molecule has 2 amide bonds. The van der Waals surface area contributed by atoms with E-state index < -0.39 is 0 Å². The number of nitrogens with two attached hydrogens (primary N) is 1. The summed E-state index contributed by atoms with van der Waals surface area (Å²) in [6.07, 6.45) is 4.74. The minimum Gasteiger partial charge on any atom is -0.382 e. The number of nitrogens with zero attached hydrogens (tertiary/aromatic N) is 3. The van der Waals surface area contributed by atoms with Gasteiger partial charge in [0.25, 0.3) is 0 Å². The van der Waals surface area contributed by atoms with Gasteiger partial charge >= 0.3 is 6.03 Å². The van der Waals surface area contributed by atoms with Crippen molar-refractivity contribution in [1.29, 1.82) is 0 Å². The van der Waals surface area contributed by atoms with Gasteiger partial charge in [0.15, 0.2) is 0 Å². The molecule has 6 heteroatoms. The number of hydrogen-bond acceptors (Lipinski definition) is 3. The predicted octanol–water partition coefficient (Wildman–Crippen LogP) is 1.22. The molecule has 0 saturated carbocycles. The van der Waals surface area contributed by atoms with E-state index in [1.165, 1.54) is 0 Å². The molecule has 6 nitrogen and oxygen atoms in total. The molecular weight excluding hydrogens is 230 g/mol. The fraction of sp³-hybridized carbons (Fsp3) is 0.667. The first-order valence-electron chi connectivity index (χ1n) is 6.54. The molecule has 0 atom stereocenters. The first-order chi connectivity index (χ1) is 8.70. The van der Waals surface area contributed by atoms with Crippen molar-refractivity contribution in [3.05, 3.63) is 12.3 Å². The van der Waals surface area contributed by atoms with Crippen molar-refractivity contribution in [2.45, 2.75) is 32.2 Å². The maximum Gasteiger partial charge on any atom is 0.317 e. The van der Waals surface area contributed by atoms with Gasteiger partial charge in [-0.1, -0.05) is 6.92 Å². The lowest BCUT2D eigenvalue weighted by Gasteiger charge is -2.32. The Morgan fingerprint density at radius 1 is 1.56 bits per heavy atom. The van der Waals surface area contributed by atoms with Crippen LogP contribution in [0.25, 0.3) is 0 Å². The normalized spacial score (nSPS) is 16.8. The number of nitrogens with one attached hydrogen (secondary N) is 1. The Bertz CT molecular complexity index is 395. The molecule has 1 aliphatic heterocycles. The van der Waals surface area contributed by atoms with Crippen molar-refractivity contribution < 1.29 is 4.79 Å². The third-order valence-corrected chi connectivity index (χ3v) is 3.28. The van der Waals surface area contributed by atoms with Crippen molar-refractivity contribution in [2.75, 3.05) is 25.4 Å². The molecule has 0 spiro atoms. The van der Waals surface area contributed by atoms with Crippen molar-refractivity contribution in [3.8, 4) is 0 Å². The van der Waals surface area contributed by atoms with E-state index in [1.54, 1.807) is 6.07 Å². The van der Waals surface area contributed by atoms with Crippen molar-refractivity contribution >= 4 is 11.8 Å². The third kappa shape index (κ3) is 2.94. The third-order valence-electron chi connectivity index (χ3n) is 3.28. The molecule has 1 saturated heterocycles. The van der Waals surface area contributed by atoms with Crippen LogP contribution < -0.4 is 11.1 Å². The summed E-state index contributed by atoms with van der Waals surface area (Å²) in [6, 6.07) is 2.22. The second-order valence-corrected chi connectivity index (χ2v) is 4.67. The summed E-state index contributed by atoms with van der Waals surface area (Å²) in [5, 5.41) is 7.13. The molecule has 0 unspecified atom stereocenters. The van der Waals surface area contributed by atoms with E-state index >= 15 is 0 Å². The van der Waals surface area contributed by atoms with Crippen molar-refractivity contribution in [2.24, 2.45) is 0 Å². The lowest BCUT2D eigenvalue weighted by Crippen LogP contribution is -2.45. The Balaban J connectivity index is 1.82. The zero-order chi connectivity index (χ0) is 13.0. The van der Waals surface area contributed by atoms with E-state index in [0.29, 0.717) is 11.9 Å². The minimum atomic E-state index is 0.0512. The van der Waals surface area contributed by atoms with Crippen LogP contribution in [0.4, 0.5) is 10.6 Å². The SMILES string of the molecule is CCCNC(=O)N1CCC(n2ccc(N)n2)CC1. The summed E-state index contributed by atoms with van der Waals surface area (Å²) in [4.78, 5) is 13.7. The molecule has 0 aromatic carbocycles. The Labute approximate surface area is 107 Å². The Hall–Kier alpha value is -1.72. The van der Waals surface area contributed by atoms with E-state index in [0.717, 1.165) is 38.9 Å². The second kappa shape index (κ2) is 5.75. The average Bonchev–Trinajstić information content (AvgIpc) is 2.83. The monoisotopic (exact) mass is 251 g/mol. The van der Waals surface area contributed by atoms with Crippen LogP contribution in [0.2, 0.25) is 0 Å². The Morgan fingerprint density at radius 2 is 2.28 bits per heavy atom. The topological polar surface area (TPSA) is 76.2 Å². The lowest BCUT2D eigenvalue weighted by molar-refractivity contribution is 0.169. The number of hydrogen-bond donors (Lipinski definition) is 2. The Morgan fingerprint density at radius 3 is 2.83 bits per heavy atom. The molecule has 0 radical (unpaired) electrons. The molecule has 1 aromatic heterocycles. The first kappa shape index (κ1) is 12.7. The standard InChI is InChI=1S/C12H21N5O/c1-2-6-14-12(18)16-7-3-10(4-8-16)17-9-5-11(13)15-17/h5,9-10H,2-4,6-8H2,1H3,(H2,13,15)(H,14,18). The summed E-state index contributed by atoms with van der Waals surface area (Å²) in [7, 11) is 0. The van der Waals surface area contributed by atoms with Crippen LogP contribution in [0.3, 0.4) is 0 Å². The number of carbonyl (C=O) groups excluding carboxylic acids is 1. The zero-order valence-corrected chi connectivity index (χ0v) is 10.8. The van der Waals surface area contributed by atoms with Crippen LogP contribution in [0.1, 0.15) is 32.2 Å². The lowest BCUT2D eigenvalue weighted by atomic mass is 10.1. The highest BCUT2D eigenvalue weighted by Crippen LogP contribution is 2.22. The summed E-state index contributed by atoms with van der Waals surface area (Å²) >= 11 is 0. The fourth-order valence-electron chi connectivity index (χ4n) is 2.23. The van der Waals surface area contributed by atoms with E-state index in [9.17, 15) is 4.79 Å². The van der Waals surface area contributed by atoms with Gasteiger partial charge in [-0.3, -0.25) is 4.68 Å². The quantitative estimate of drug-likeness (QED) is 0.848. The number of aromatic nitrogens is 2. The number of urea groups is 1. The van der Waals surface area contributed by atoms with Crippen LogP contribution in [0.5, 0.6) is 0 Å². The van der Waals surface area contributed by atoms with E-state index in [2.05, 4.69) is 17.3 Å². The summed E-state index contributed by atoms with van der Waals surface area (Å²) < 4.78 is 1.91. The van der Waals surface area contributed by atoms with Crippen molar-refractivity contribution in [1.82, 2.24) is 20.0 Å². The second-order valence-electron chi connectivity index (χ2n) is 4.67. The van der Waals surface area contributed by atoms with Crippen LogP contribution in [-0.2, 0) is 0 Å². The van der Waals surface area contributed by atoms with Gasteiger partial charge in [0.2, 0.25) is 0 Å². The molecule has 1 aliphatic rings. The minimum absolute atomic E-state index is 0.0512. The molecule has 0 bridgehead atoms. The maximum atomic E-state index is 11.8. The van der Waals surface area contributed by atoms with Crippen LogP contribution in [-0.4, -0.2) is 40.3 Å².